The molecule has 0 fully saturated rings. The molecule has 5 nitrogen and oxygen atoms in total. The third-order valence-electron chi connectivity index (χ3n) is 6.01. The van der Waals surface area contributed by atoms with E-state index < -0.39 is 18.0 Å². The molecule has 204 valence electrons. The Labute approximate surface area is 227 Å². The molecule has 0 radical (unpaired) electrons. The van der Waals surface area contributed by atoms with Crippen LogP contribution in [0.3, 0.4) is 0 Å². The Morgan fingerprint density at radius 3 is 2.21 bits per heavy atom. The number of thiocarbonyl (C=S) groups is 1. The quantitative estimate of drug-likeness (QED) is 0.150. The van der Waals surface area contributed by atoms with E-state index in [2.05, 4.69) is 14.8 Å². The van der Waals surface area contributed by atoms with Gasteiger partial charge in [-0.2, -0.15) is 22.0 Å². The molecular formula is C28H24F5N3O2S. The first-order chi connectivity index (χ1) is 18.4. The molecule has 3 aromatic carbocycles. The zero-order chi connectivity index (χ0) is 28.2. The van der Waals surface area contributed by atoms with Crippen LogP contribution in [0.25, 0.3) is 17.1 Å². The molecule has 1 heterocycles. The zero-order valence-electron chi connectivity index (χ0n) is 21.0. The molecule has 0 atom stereocenters. The Morgan fingerprint density at radius 1 is 0.923 bits per heavy atom. The number of nitrogens with zero attached hydrogens (tertiary/aromatic N) is 3. The highest BCUT2D eigenvalue weighted by molar-refractivity contribution is 7.80. The monoisotopic (exact) mass is 561 g/mol. The predicted octanol–water partition coefficient (Wildman–Crippen LogP) is 7.33. The topological polar surface area (TPSA) is 49.2 Å². The number of hydrogen-bond donors (Lipinski definition) is 0. The lowest BCUT2D eigenvalue weighted by molar-refractivity contribution is -0.360. The van der Waals surface area contributed by atoms with Crippen molar-refractivity contribution in [1.29, 1.82) is 0 Å². The number of ether oxygens (including phenoxy) is 2. The summed E-state index contributed by atoms with van der Waals surface area (Å²) in [6.07, 6.45) is -7.41. The van der Waals surface area contributed by atoms with Crippen molar-refractivity contribution < 1.29 is 31.4 Å². The summed E-state index contributed by atoms with van der Waals surface area (Å²) in [5, 5.41) is 4.37. The van der Waals surface area contributed by atoms with E-state index in [9.17, 15) is 22.0 Å². The largest absolute Gasteiger partial charge is 0.499 e. The van der Waals surface area contributed by atoms with Gasteiger partial charge < -0.3 is 9.47 Å². The maximum Gasteiger partial charge on any atom is 0.499 e. The predicted molar refractivity (Wildman–Crippen MR) is 141 cm³/mol. The molecule has 4 aromatic rings. The van der Waals surface area contributed by atoms with Crippen molar-refractivity contribution in [2.75, 3.05) is 7.11 Å². The first kappa shape index (κ1) is 28.2. The SMILES string of the molecule is COc1ccc(CC(=S)CCc2ccc(-c3ncn(-c4ccc(OC(F)(F)C(F)(F)F)cc4)n3)cc2)c(C)c1. The van der Waals surface area contributed by atoms with Crippen LogP contribution in [-0.2, 0) is 12.8 Å². The second-order valence-corrected chi connectivity index (χ2v) is 9.41. The van der Waals surface area contributed by atoms with E-state index in [-0.39, 0.29) is 0 Å². The summed E-state index contributed by atoms with van der Waals surface area (Å²) in [7, 11) is 1.64. The van der Waals surface area contributed by atoms with E-state index in [1.165, 1.54) is 28.7 Å². The van der Waals surface area contributed by atoms with Gasteiger partial charge in [-0.05, 0) is 77.7 Å². The van der Waals surface area contributed by atoms with Crippen LogP contribution < -0.4 is 9.47 Å². The fourth-order valence-corrected chi connectivity index (χ4v) is 4.05. The fraction of sp³-hybridized carbons (Fsp3) is 0.250. The van der Waals surface area contributed by atoms with Gasteiger partial charge in [0.05, 0.1) is 12.8 Å². The van der Waals surface area contributed by atoms with Gasteiger partial charge in [0.15, 0.2) is 5.82 Å². The van der Waals surface area contributed by atoms with E-state index in [0.29, 0.717) is 11.5 Å². The highest BCUT2D eigenvalue weighted by Gasteiger charge is 2.61. The van der Waals surface area contributed by atoms with Crippen LogP contribution >= 0.6 is 12.2 Å². The van der Waals surface area contributed by atoms with Crippen molar-refractivity contribution in [3.05, 3.63) is 89.7 Å². The van der Waals surface area contributed by atoms with Crippen molar-refractivity contribution in [2.24, 2.45) is 0 Å². The van der Waals surface area contributed by atoms with Crippen LogP contribution in [0.1, 0.15) is 23.1 Å². The van der Waals surface area contributed by atoms with E-state index in [1.807, 2.05) is 49.4 Å². The van der Waals surface area contributed by atoms with Crippen LogP contribution in [0.5, 0.6) is 11.5 Å². The minimum atomic E-state index is -5.82. The fourth-order valence-electron chi connectivity index (χ4n) is 3.79. The normalized spacial score (nSPS) is 11.9. The van der Waals surface area contributed by atoms with E-state index in [4.69, 9.17) is 17.0 Å². The Kier molecular flexibility index (Phi) is 8.29. The lowest BCUT2D eigenvalue weighted by Gasteiger charge is -2.20. The average molecular weight is 562 g/mol. The number of halogens is 5. The summed E-state index contributed by atoms with van der Waals surface area (Å²) in [5.41, 5.74) is 4.60. The number of rotatable bonds is 10. The van der Waals surface area contributed by atoms with Crippen LogP contribution in [0, 0.1) is 6.92 Å². The highest BCUT2D eigenvalue weighted by Crippen LogP contribution is 2.37. The molecular weight excluding hydrogens is 537 g/mol. The molecule has 0 amide bonds. The van der Waals surface area contributed by atoms with Gasteiger partial charge in [-0.3, -0.25) is 0 Å². The van der Waals surface area contributed by atoms with Crippen LogP contribution in [-0.4, -0.2) is 39.0 Å². The average Bonchev–Trinajstić information content (AvgIpc) is 3.39. The minimum Gasteiger partial charge on any atom is -0.497 e. The number of hydrogen-bond acceptors (Lipinski definition) is 5. The summed E-state index contributed by atoms with van der Waals surface area (Å²) in [6.45, 7) is 2.04. The van der Waals surface area contributed by atoms with Gasteiger partial charge in [-0.25, -0.2) is 9.67 Å². The molecule has 0 bridgehead atoms. The number of alkyl halides is 5. The molecule has 0 saturated carbocycles. The van der Waals surface area contributed by atoms with Crippen molar-refractivity contribution in [3.8, 4) is 28.6 Å². The molecule has 1 aromatic heterocycles. The second kappa shape index (κ2) is 11.5. The molecule has 0 saturated heterocycles. The van der Waals surface area contributed by atoms with Gasteiger partial charge in [0.25, 0.3) is 0 Å². The van der Waals surface area contributed by atoms with Gasteiger partial charge >= 0.3 is 12.3 Å². The van der Waals surface area contributed by atoms with Gasteiger partial charge in [0.1, 0.15) is 17.8 Å². The van der Waals surface area contributed by atoms with Gasteiger partial charge in [-0.1, -0.05) is 42.5 Å². The second-order valence-electron chi connectivity index (χ2n) is 8.83. The molecule has 0 spiro atoms. The van der Waals surface area contributed by atoms with Gasteiger partial charge in [0.2, 0.25) is 0 Å². The summed E-state index contributed by atoms with van der Waals surface area (Å²) < 4.78 is 73.6. The molecule has 11 heteroatoms. The molecule has 0 unspecified atom stereocenters. The Hall–Kier alpha value is -3.86. The van der Waals surface area contributed by atoms with Crippen molar-refractivity contribution in [3.63, 3.8) is 0 Å². The van der Waals surface area contributed by atoms with Crippen LogP contribution in [0.15, 0.2) is 73.1 Å². The standard InChI is InChI=1S/C28H24F5N3O2S/c1-18-15-24(37-2)11-8-21(18)16-25(39)14-5-19-3-6-20(7-4-19)26-34-17-36(35-26)22-9-12-23(13-10-22)38-28(32,33)27(29,30)31/h3-4,6-13,15,17H,5,14,16H2,1-2H3. The maximum absolute atomic E-state index is 13.1. The summed E-state index contributed by atoms with van der Waals surface area (Å²) >= 11 is 5.61. The Bertz CT molecular complexity index is 1440. The number of methoxy groups -OCH3 is 1. The van der Waals surface area contributed by atoms with Crippen LogP contribution in [0.2, 0.25) is 0 Å². The lowest BCUT2D eigenvalue weighted by Crippen LogP contribution is -2.41. The van der Waals surface area contributed by atoms with E-state index in [0.717, 1.165) is 58.7 Å². The number of aryl methyl sites for hydroxylation is 2. The Balaban J connectivity index is 1.34. The first-order valence-corrected chi connectivity index (χ1v) is 12.3. The summed E-state index contributed by atoms with van der Waals surface area (Å²) in [6, 6.07) is 18.3. The zero-order valence-corrected chi connectivity index (χ0v) is 21.8. The number of benzene rings is 3. The third-order valence-corrected chi connectivity index (χ3v) is 6.36. The first-order valence-electron chi connectivity index (χ1n) is 11.9. The molecule has 4 rings (SSSR count). The minimum absolute atomic E-state index is 0.411. The van der Waals surface area contributed by atoms with Crippen molar-refractivity contribution in [2.45, 2.75) is 38.5 Å². The Morgan fingerprint density at radius 2 is 1.59 bits per heavy atom. The summed E-state index contributed by atoms with van der Waals surface area (Å²) in [5.74, 6) is 0.618. The van der Waals surface area contributed by atoms with Crippen molar-refractivity contribution >= 4 is 17.1 Å². The number of aromatic nitrogens is 3. The summed E-state index contributed by atoms with van der Waals surface area (Å²) in [4.78, 5) is 5.23. The van der Waals surface area contributed by atoms with E-state index >= 15 is 0 Å². The van der Waals surface area contributed by atoms with Gasteiger partial charge in [0, 0.05) is 12.0 Å². The lowest BCUT2D eigenvalue weighted by atomic mass is 9.99. The maximum atomic E-state index is 13.1. The highest BCUT2D eigenvalue weighted by atomic mass is 32.1. The van der Waals surface area contributed by atoms with E-state index in [1.54, 1.807) is 7.11 Å². The molecule has 39 heavy (non-hydrogen) atoms. The third kappa shape index (κ3) is 6.97. The molecule has 0 N–H and O–H groups in total. The molecule has 0 aliphatic heterocycles. The van der Waals surface area contributed by atoms with Crippen molar-refractivity contribution in [1.82, 2.24) is 14.8 Å². The molecule has 0 aliphatic rings. The van der Waals surface area contributed by atoms with Crippen LogP contribution in [0.4, 0.5) is 22.0 Å². The molecule has 0 aliphatic carbocycles. The smallest absolute Gasteiger partial charge is 0.497 e. The van der Waals surface area contributed by atoms with Gasteiger partial charge in [-0.15, -0.1) is 5.10 Å².